The van der Waals surface area contributed by atoms with E-state index in [0.717, 1.165) is 38.8 Å². The first kappa shape index (κ1) is 16.6. The van der Waals surface area contributed by atoms with Gasteiger partial charge in [0.15, 0.2) is 5.96 Å². The number of ether oxygens (including phenoxy) is 2. The van der Waals surface area contributed by atoms with Gasteiger partial charge in [-0.15, -0.1) is 0 Å². The Balaban J connectivity index is 1.31. The standard InChI is InChI=1S/C18H32N4O2/c1-19-17(20-13-4-8-22(12-13)9-11-23-2)21-15-14-5-10-24-16(14)18(15)6-3-7-18/h13-16H,3-12H2,1-2H3,(H2,19,20,21). The summed E-state index contributed by atoms with van der Waals surface area (Å²) in [6.07, 6.45) is 6.88. The molecule has 6 heteroatoms. The predicted octanol–water partition coefficient (Wildman–Crippen LogP) is 0.830. The van der Waals surface area contributed by atoms with Gasteiger partial charge in [0.05, 0.1) is 12.7 Å². The second-order valence-corrected chi connectivity index (χ2v) is 7.95. The Morgan fingerprint density at radius 2 is 2.21 bits per heavy atom. The van der Waals surface area contributed by atoms with Gasteiger partial charge in [-0.2, -0.15) is 0 Å². The summed E-state index contributed by atoms with van der Waals surface area (Å²) in [5.41, 5.74) is 0.402. The second-order valence-electron chi connectivity index (χ2n) is 7.95. The van der Waals surface area contributed by atoms with Crippen molar-refractivity contribution in [1.29, 1.82) is 0 Å². The van der Waals surface area contributed by atoms with E-state index >= 15 is 0 Å². The van der Waals surface area contributed by atoms with Crippen molar-refractivity contribution in [3.8, 4) is 0 Å². The van der Waals surface area contributed by atoms with Gasteiger partial charge < -0.3 is 20.1 Å². The number of guanidine groups is 1. The van der Waals surface area contributed by atoms with Crippen molar-refractivity contribution in [3.05, 3.63) is 0 Å². The summed E-state index contributed by atoms with van der Waals surface area (Å²) in [7, 11) is 3.66. The van der Waals surface area contributed by atoms with Gasteiger partial charge in [0, 0.05) is 63.8 Å². The van der Waals surface area contributed by atoms with Crippen LogP contribution in [0.15, 0.2) is 4.99 Å². The third kappa shape index (κ3) is 2.72. The van der Waals surface area contributed by atoms with Gasteiger partial charge in [-0.25, -0.2) is 0 Å². The summed E-state index contributed by atoms with van der Waals surface area (Å²) < 4.78 is 11.2. The molecule has 0 amide bonds. The highest BCUT2D eigenvalue weighted by Gasteiger charge is 2.66. The molecule has 0 aromatic rings. The zero-order valence-corrected chi connectivity index (χ0v) is 15.1. The molecule has 0 radical (unpaired) electrons. The molecule has 4 atom stereocenters. The third-order valence-corrected chi connectivity index (χ3v) is 6.78. The van der Waals surface area contributed by atoms with Gasteiger partial charge in [0.1, 0.15) is 0 Å². The van der Waals surface area contributed by atoms with Crippen LogP contribution in [0.2, 0.25) is 0 Å². The maximum atomic E-state index is 6.02. The molecule has 4 aliphatic rings. The predicted molar refractivity (Wildman–Crippen MR) is 94.3 cm³/mol. The maximum absolute atomic E-state index is 6.02. The zero-order chi connectivity index (χ0) is 16.6. The molecule has 0 aromatic carbocycles. The molecule has 2 saturated carbocycles. The van der Waals surface area contributed by atoms with Crippen LogP contribution in [0.25, 0.3) is 0 Å². The van der Waals surface area contributed by atoms with Crippen molar-refractivity contribution < 1.29 is 9.47 Å². The van der Waals surface area contributed by atoms with Gasteiger partial charge in [-0.05, 0) is 25.7 Å². The van der Waals surface area contributed by atoms with Crippen LogP contribution in [-0.4, -0.2) is 76.1 Å². The van der Waals surface area contributed by atoms with E-state index < -0.39 is 0 Å². The number of hydrogen-bond donors (Lipinski definition) is 2. The SMILES string of the molecule is CN=C(NC1CCN(CCOC)C1)NC1C2CCOC2C12CCC2. The Bertz CT molecular complexity index is 480. The van der Waals surface area contributed by atoms with E-state index in [0.29, 0.717) is 29.5 Å². The second kappa shape index (κ2) is 6.81. The van der Waals surface area contributed by atoms with Gasteiger partial charge in [-0.3, -0.25) is 9.89 Å². The quantitative estimate of drug-likeness (QED) is 0.575. The van der Waals surface area contributed by atoms with Crippen LogP contribution in [-0.2, 0) is 9.47 Å². The number of methoxy groups -OCH3 is 1. The van der Waals surface area contributed by atoms with Crippen molar-refractivity contribution in [2.45, 2.75) is 50.3 Å². The van der Waals surface area contributed by atoms with Crippen molar-refractivity contribution >= 4 is 5.96 Å². The van der Waals surface area contributed by atoms with Gasteiger partial charge in [-0.1, -0.05) is 6.42 Å². The molecule has 0 aromatic heterocycles. The lowest BCUT2D eigenvalue weighted by Gasteiger charge is -2.63. The average molecular weight is 336 g/mol. The fourth-order valence-corrected chi connectivity index (χ4v) is 5.34. The number of likely N-dealkylation sites (tertiary alicyclic amines) is 1. The Morgan fingerprint density at radius 1 is 1.33 bits per heavy atom. The first-order valence-corrected chi connectivity index (χ1v) is 9.59. The molecule has 4 unspecified atom stereocenters. The number of rotatable bonds is 5. The molecule has 1 spiro atoms. The smallest absolute Gasteiger partial charge is 0.191 e. The topological polar surface area (TPSA) is 58.1 Å². The summed E-state index contributed by atoms with van der Waals surface area (Å²) >= 11 is 0. The highest BCUT2D eigenvalue weighted by molar-refractivity contribution is 5.80. The fraction of sp³-hybridized carbons (Fsp3) is 0.944. The molecular formula is C18H32N4O2. The summed E-state index contributed by atoms with van der Waals surface area (Å²) in [6, 6.07) is 1.04. The van der Waals surface area contributed by atoms with Crippen molar-refractivity contribution in [2.24, 2.45) is 16.3 Å². The van der Waals surface area contributed by atoms with Crippen molar-refractivity contribution in [1.82, 2.24) is 15.5 Å². The molecule has 2 aliphatic heterocycles. The zero-order valence-electron chi connectivity index (χ0n) is 15.1. The Hall–Kier alpha value is -0.850. The summed E-state index contributed by atoms with van der Waals surface area (Å²) in [4.78, 5) is 6.97. The Labute approximate surface area is 145 Å². The molecule has 0 bridgehead atoms. The van der Waals surface area contributed by atoms with Crippen LogP contribution in [0, 0.1) is 11.3 Å². The van der Waals surface area contributed by atoms with E-state index in [9.17, 15) is 0 Å². The van der Waals surface area contributed by atoms with Crippen LogP contribution in [0.5, 0.6) is 0 Å². The lowest BCUT2D eigenvalue weighted by molar-refractivity contribution is -0.171. The van der Waals surface area contributed by atoms with E-state index in [1.165, 1.54) is 32.1 Å². The fourth-order valence-electron chi connectivity index (χ4n) is 5.34. The van der Waals surface area contributed by atoms with Gasteiger partial charge in [0.2, 0.25) is 0 Å². The molecule has 4 rings (SSSR count). The monoisotopic (exact) mass is 336 g/mol. The van der Waals surface area contributed by atoms with Crippen LogP contribution < -0.4 is 10.6 Å². The normalized spacial score (nSPS) is 37.8. The molecule has 6 nitrogen and oxygen atoms in total. The number of hydrogen-bond acceptors (Lipinski definition) is 4. The van der Waals surface area contributed by atoms with Crippen LogP contribution in [0.3, 0.4) is 0 Å². The first-order chi connectivity index (χ1) is 11.8. The van der Waals surface area contributed by atoms with E-state index in [2.05, 4.69) is 20.5 Å². The summed E-state index contributed by atoms with van der Waals surface area (Å²) in [5, 5.41) is 7.42. The first-order valence-electron chi connectivity index (χ1n) is 9.59. The van der Waals surface area contributed by atoms with Crippen molar-refractivity contribution in [2.75, 3.05) is 47.0 Å². The molecular weight excluding hydrogens is 304 g/mol. The summed E-state index contributed by atoms with van der Waals surface area (Å²) in [6.45, 7) is 5.00. The summed E-state index contributed by atoms with van der Waals surface area (Å²) in [5.74, 6) is 1.67. The Kier molecular flexibility index (Phi) is 4.71. The minimum atomic E-state index is 0.402. The van der Waals surface area contributed by atoms with Crippen molar-refractivity contribution in [3.63, 3.8) is 0 Å². The minimum Gasteiger partial charge on any atom is -0.383 e. The van der Waals surface area contributed by atoms with Crippen LogP contribution in [0.4, 0.5) is 0 Å². The number of nitrogens with zero attached hydrogens (tertiary/aromatic N) is 2. The average Bonchev–Trinajstić information content (AvgIpc) is 3.16. The molecule has 2 heterocycles. The van der Waals surface area contributed by atoms with Gasteiger partial charge in [0.25, 0.3) is 0 Å². The molecule has 2 saturated heterocycles. The number of nitrogens with one attached hydrogen (secondary N) is 2. The largest absolute Gasteiger partial charge is 0.383 e. The van der Waals surface area contributed by atoms with Crippen LogP contribution in [0.1, 0.15) is 32.1 Å². The van der Waals surface area contributed by atoms with E-state index in [4.69, 9.17) is 9.47 Å². The highest BCUT2D eigenvalue weighted by Crippen LogP contribution is 2.62. The molecule has 4 fully saturated rings. The van der Waals surface area contributed by atoms with E-state index in [1.807, 2.05) is 7.05 Å². The number of fused-ring (bicyclic) bond motifs is 2. The molecule has 2 N–H and O–H groups in total. The Morgan fingerprint density at radius 3 is 2.92 bits per heavy atom. The van der Waals surface area contributed by atoms with E-state index in [-0.39, 0.29) is 0 Å². The highest BCUT2D eigenvalue weighted by atomic mass is 16.5. The van der Waals surface area contributed by atoms with Gasteiger partial charge >= 0.3 is 0 Å². The third-order valence-electron chi connectivity index (χ3n) is 6.78. The molecule has 24 heavy (non-hydrogen) atoms. The maximum Gasteiger partial charge on any atom is 0.191 e. The van der Waals surface area contributed by atoms with Crippen LogP contribution >= 0.6 is 0 Å². The number of aliphatic imine (C=N–C) groups is 1. The molecule has 2 aliphatic carbocycles. The van der Waals surface area contributed by atoms with E-state index in [1.54, 1.807) is 7.11 Å². The lowest BCUT2D eigenvalue weighted by Crippen LogP contribution is -2.72. The minimum absolute atomic E-state index is 0.402. The lowest BCUT2D eigenvalue weighted by atomic mass is 9.46. The molecule has 136 valence electrons.